The van der Waals surface area contributed by atoms with Crippen LogP contribution in [-0.2, 0) is 11.2 Å². The van der Waals surface area contributed by atoms with Crippen LogP contribution in [0.5, 0.6) is 0 Å². The highest BCUT2D eigenvalue weighted by molar-refractivity contribution is 5.91. The number of ether oxygens (including phenoxy) is 1. The van der Waals surface area contributed by atoms with Crippen molar-refractivity contribution in [3.8, 4) is 11.3 Å². The quantitative estimate of drug-likeness (QED) is 0.511. The molecule has 3 aromatic rings. The van der Waals surface area contributed by atoms with Crippen molar-refractivity contribution in [3.05, 3.63) is 52.8 Å². The molecule has 4 rings (SSSR count). The molecule has 2 aromatic heterocycles. The van der Waals surface area contributed by atoms with Gasteiger partial charge >= 0.3 is 6.09 Å². The second kappa shape index (κ2) is 8.61. The zero-order chi connectivity index (χ0) is 23.0. The molecular formula is C27H35N3O2. The monoisotopic (exact) mass is 433 g/mol. The van der Waals surface area contributed by atoms with E-state index in [4.69, 9.17) is 4.74 Å². The first-order chi connectivity index (χ1) is 15.1. The number of nitrogens with one attached hydrogen (secondary N) is 1. The molecule has 0 atom stereocenters. The van der Waals surface area contributed by atoms with Gasteiger partial charge in [-0.3, -0.25) is 4.98 Å². The number of aromatic nitrogens is 2. The standard InChI is InChI=1S/C27H35N3O2/c1-7-22-23-16-20(19-10-12-30(13-11-19)26(31)32-27(4,5)6)8-9-24(23)29-25(22)21-14-17(2)28-18(3)15-21/h8-9,14-16,19,29H,7,10-13H2,1-6H3. The number of aromatic amines is 1. The Balaban J connectivity index is 1.57. The number of nitrogens with zero attached hydrogens (tertiary/aromatic N) is 2. The van der Waals surface area contributed by atoms with E-state index in [-0.39, 0.29) is 6.09 Å². The lowest BCUT2D eigenvalue weighted by Gasteiger charge is -2.33. The van der Waals surface area contributed by atoms with Crippen LogP contribution in [0.25, 0.3) is 22.2 Å². The molecule has 1 saturated heterocycles. The Kier molecular flexibility index (Phi) is 6.02. The fourth-order valence-corrected chi connectivity index (χ4v) is 4.83. The van der Waals surface area contributed by atoms with Crippen LogP contribution in [0.4, 0.5) is 4.79 Å². The minimum absolute atomic E-state index is 0.196. The number of hydrogen-bond donors (Lipinski definition) is 1. The third-order valence-electron chi connectivity index (χ3n) is 6.27. The molecule has 5 nitrogen and oxygen atoms in total. The van der Waals surface area contributed by atoms with Crippen molar-refractivity contribution in [3.63, 3.8) is 0 Å². The van der Waals surface area contributed by atoms with Crippen molar-refractivity contribution in [2.45, 2.75) is 72.3 Å². The number of aryl methyl sites for hydroxylation is 3. The Hall–Kier alpha value is -2.82. The molecule has 5 heteroatoms. The molecule has 1 amide bonds. The molecule has 0 bridgehead atoms. The summed E-state index contributed by atoms with van der Waals surface area (Å²) < 4.78 is 5.55. The number of amides is 1. The smallest absolute Gasteiger partial charge is 0.410 e. The van der Waals surface area contributed by atoms with Crippen LogP contribution >= 0.6 is 0 Å². The third-order valence-corrected chi connectivity index (χ3v) is 6.27. The average molecular weight is 434 g/mol. The van der Waals surface area contributed by atoms with E-state index in [1.165, 1.54) is 33.3 Å². The minimum Gasteiger partial charge on any atom is -0.444 e. The van der Waals surface area contributed by atoms with E-state index >= 15 is 0 Å². The Morgan fingerprint density at radius 2 is 1.78 bits per heavy atom. The summed E-state index contributed by atoms with van der Waals surface area (Å²) in [5.74, 6) is 0.464. The van der Waals surface area contributed by atoms with E-state index < -0.39 is 5.60 Å². The van der Waals surface area contributed by atoms with Crippen molar-refractivity contribution in [2.75, 3.05) is 13.1 Å². The maximum atomic E-state index is 12.4. The maximum absolute atomic E-state index is 12.4. The molecule has 0 spiro atoms. The number of piperidine rings is 1. The van der Waals surface area contributed by atoms with Gasteiger partial charge in [-0.1, -0.05) is 13.0 Å². The Labute approximate surface area is 191 Å². The predicted molar refractivity (Wildman–Crippen MR) is 130 cm³/mol. The van der Waals surface area contributed by atoms with Crippen LogP contribution in [-0.4, -0.2) is 39.7 Å². The molecule has 170 valence electrons. The van der Waals surface area contributed by atoms with Crippen LogP contribution in [0.1, 0.15) is 69.0 Å². The Bertz CT molecular complexity index is 1110. The van der Waals surface area contributed by atoms with Crippen molar-refractivity contribution < 1.29 is 9.53 Å². The molecule has 32 heavy (non-hydrogen) atoms. The number of hydrogen-bond acceptors (Lipinski definition) is 3. The zero-order valence-electron chi connectivity index (χ0n) is 20.2. The molecule has 0 saturated carbocycles. The number of carbonyl (C=O) groups is 1. The average Bonchev–Trinajstić information content (AvgIpc) is 3.10. The van der Waals surface area contributed by atoms with Gasteiger partial charge in [0.1, 0.15) is 5.60 Å². The van der Waals surface area contributed by atoms with Crippen molar-refractivity contribution in [1.29, 1.82) is 0 Å². The number of pyridine rings is 1. The molecule has 0 aliphatic carbocycles. The molecule has 0 unspecified atom stereocenters. The van der Waals surface area contributed by atoms with Gasteiger partial charge in [0.2, 0.25) is 0 Å². The van der Waals surface area contributed by atoms with E-state index in [2.05, 4.69) is 47.2 Å². The van der Waals surface area contributed by atoms with Crippen molar-refractivity contribution in [1.82, 2.24) is 14.9 Å². The lowest BCUT2D eigenvalue weighted by molar-refractivity contribution is 0.0205. The predicted octanol–water partition coefficient (Wildman–Crippen LogP) is 6.52. The van der Waals surface area contributed by atoms with Gasteiger partial charge in [-0.15, -0.1) is 0 Å². The van der Waals surface area contributed by atoms with Gasteiger partial charge in [0, 0.05) is 46.6 Å². The van der Waals surface area contributed by atoms with E-state index in [1.54, 1.807) is 0 Å². The number of likely N-dealkylation sites (tertiary alicyclic amines) is 1. The Morgan fingerprint density at radius 1 is 1.12 bits per heavy atom. The molecule has 0 radical (unpaired) electrons. The Morgan fingerprint density at radius 3 is 2.38 bits per heavy atom. The van der Waals surface area contributed by atoms with Gasteiger partial charge in [0.05, 0.1) is 0 Å². The lowest BCUT2D eigenvalue weighted by Crippen LogP contribution is -2.41. The summed E-state index contributed by atoms with van der Waals surface area (Å²) in [5.41, 5.74) is 7.94. The number of H-pyrrole nitrogens is 1. The fourth-order valence-electron chi connectivity index (χ4n) is 4.83. The minimum atomic E-state index is -0.451. The largest absolute Gasteiger partial charge is 0.444 e. The number of rotatable bonds is 3. The summed E-state index contributed by atoms with van der Waals surface area (Å²) in [5, 5.41) is 1.31. The van der Waals surface area contributed by atoms with Crippen LogP contribution in [0.2, 0.25) is 0 Å². The normalized spacial score (nSPS) is 15.4. The summed E-state index contributed by atoms with van der Waals surface area (Å²) in [7, 11) is 0. The maximum Gasteiger partial charge on any atom is 0.410 e. The van der Waals surface area contributed by atoms with Gasteiger partial charge in [-0.2, -0.15) is 0 Å². The molecule has 1 fully saturated rings. The van der Waals surface area contributed by atoms with Crippen molar-refractivity contribution >= 4 is 17.0 Å². The molecule has 1 aliphatic rings. The summed E-state index contributed by atoms with van der Waals surface area (Å²) in [6.07, 6.45) is 2.70. The molecule has 1 aromatic carbocycles. The van der Waals surface area contributed by atoms with Crippen LogP contribution in [0.15, 0.2) is 30.3 Å². The first-order valence-electron chi connectivity index (χ1n) is 11.7. The second-order valence-corrected chi connectivity index (χ2v) is 10.0. The van der Waals surface area contributed by atoms with Crippen LogP contribution in [0, 0.1) is 13.8 Å². The summed E-state index contributed by atoms with van der Waals surface area (Å²) in [6.45, 7) is 13.5. The SMILES string of the molecule is CCc1c(-c2cc(C)nc(C)c2)[nH]c2ccc(C3CCN(C(=O)OC(C)(C)C)CC3)cc12. The van der Waals surface area contributed by atoms with E-state index in [0.29, 0.717) is 5.92 Å². The highest BCUT2D eigenvalue weighted by atomic mass is 16.6. The van der Waals surface area contributed by atoms with E-state index in [0.717, 1.165) is 43.7 Å². The van der Waals surface area contributed by atoms with Crippen LogP contribution in [0.3, 0.4) is 0 Å². The first-order valence-corrected chi connectivity index (χ1v) is 11.7. The van der Waals surface area contributed by atoms with Gasteiger partial charge in [0.15, 0.2) is 0 Å². The molecule has 1 aliphatic heterocycles. The van der Waals surface area contributed by atoms with E-state index in [1.807, 2.05) is 39.5 Å². The summed E-state index contributed by atoms with van der Waals surface area (Å²) in [6, 6.07) is 11.1. The van der Waals surface area contributed by atoms with Crippen LogP contribution < -0.4 is 0 Å². The number of carbonyl (C=O) groups excluding carboxylic acids is 1. The summed E-state index contributed by atoms with van der Waals surface area (Å²) >= 11 is 0. The second-order valence-electron chi connectivity index (χ2n) is 10.0. The molecule has 3 heterocycles. The van der Waals surface area contributed by atoms with Crippen molar-refractivity contribution in [2.24, 2.45) is 0 Å². The lowest BCUT2D eigenvalue weighted by atomic mass is 9.88. The van der Waals surface area contributed by atoms with E-state index in [9.17, 15) is 4.79 Å². The number of benzene rings is 1. The highest BCUT2D eigenvalue weighted by Crippen LogP contribution is 2.35. The zero-order valence-corrected chi connectivity index (χ0v) is 20.2. The molecular weight excluding hydrogens is 398 g/mol. The first kappa shape index (κ1) is 22.4. The highest BCUT2D eigenvalue weighted by Gasteiger charge is 2.28. The number of fused-ring (bicyclic) bond motifs is 1. The van der Waals surface area contributed by atoms with Gasteiger partial charge in [-0.05, 0) is 95.2 Å². The summed E-state index contributed by atoms with van der Waals surface area (Å²) in [4.78, 5) is 22.4. The fraction of sp³-hybridized carbons (Fsp3) is 0.481. The van der Waals surface area contributed by atoms with Gasteiger partial charge in [0.25, 0.3) is 0 Å². The third kappa shape index (κ3) is 4.67. The van der Waals surface area contributed by atoms with Gasteiger partial charge in [-0.25, -0.2) is 4.79 Å². The topological polar surface area (TPSA) is 58.2 Å². The van der Waals surface area contributed by atoms with Gasteiger partial charge < -0.3 is 14.6 Å². The molecule has 1 N–H and O–H groups in total.